The van der Waals surface area contributed by atoms with E-state index in [1.54, 1.807) is 4.57 Å². The zero-order chi connectivity index (χ0) is 21.1. The van der Waals surface area contributed by atoms with Crippen LogP contribution in [0.25, 0.3) is 11.2 Å². The average molecular weight is 463 g/mol. The molecule has 0 aromatic carbocycles. The summed E-state index contributed by atoms with van der Waals surface area (Å²) >= 11 is 0. The van der Waals surface area contributed by atoms with Gasteiger partial charge >= 0.3 is 29.6 Å². The normalized spacial score (nSPS) is 30.2. The van der Waals surface area contributed by atoms with Crippen LogP contribution in [0.15, 0.2) is 12.7 Å². The van der Waals surface area contributed by atoms with Gasteiger partial charge in [0, 0.05) is 6.54 Å². The van der Waals surface area contributed by atoms with Gasteiger partial charge in [-0.2, -0.15) is 0 Å². The maximum atomic E-state index is 11.6. The average Bonchev–Trinajstić information content (AvgIpc) is 3.28. The van der Waals surface area contributed by atoms with Crippen LogP contribution in [0.4, 0.5) is 5.82 Å². The first-order valence-electron chi connectivity index (χ1n) is 10.4. The molecule has 5 atom stereocenters. The number of nitrogens with zero attached hydrogens (tertiary/aromatic N) is 4. The maximum absolute atomic E-state index is 11.6. The molecule has 0 spiro atoms. The van der Waals surface area contributed by atoms with Crippen molar-refractivity contribution in [1.82, 2.24) is 19.5 Å². The number of rotatable bonds is 9. The predicted octanol–water partition coefficient (Wildman–Crippen LogP) is -1.26. The van der Waals surface area contributed by atoms with Crippen LogP contribution in [0.1, 0.15) is 51.7 Å². The van der Waals surface area contributed by atoms with Gasteiger partial charge in [0.15, 0.2) is 23.2 Å². The molecule has 0 bridgehead atoms. The number of anilines is 1. The van der Waals surface area contributed by atoms with Gasteiger partial charge in [0.2, 0.25) is 0 Å². The number of unbranched alkanes of at least 4 members (excludes halogenated alkanes) is 5. The largest absolute Gasteiger partial charge is 1.00 e. The zero-order valence-electron chi connectivity index (χ0n) is 17.8. The third kappa shape index (κ3) is 5.66. The van der Waals surface area contributed by atoms with Crippen LogP contribution >= 0.6 is 7.82 Å². The second-order valence-corrected chi connectivity index (χ2v) is 8.97. The maximum Gasteiger partial charge on any atom is 1.00 e. The first-order valence-corrected chi connectivity index (χ1v) is 11.8. The number of fused-ring (bicyclic) bond motifs is 2. The SMILES string of the molecule is CCCCCCCCNc1ncnc2c1ncn2[C@@H]1O[C@@H]2COP(=O)([O-])O[C@H]2[C@H]1O.[Na+]. The van der Waals surface area contributed by atoms with Gasteiger partial charge in [-0.1, -0.05) is 39.0 Å². The Kier molecular flexibility index (Phi) is 8.88. The molecule has 0 amide bonds. The van der Waals surface area contributed by atoms with E-state index >= 15 is 0 Å². The van der Waals surface area contributed by atoms with E-state index < -0.39 is 32.4 Å². The summed E-state index contributed by atoms with van der Waals surface area (Å²) in [5, 5.41) is 13.9. The number of aliphatic hydroxyl groups excluding tert-OH is 1. The molecule has 0 radical (unpaired) electrons. The van der Waals surface area contributed by atoms with Crippen molar-refractivity contribution in [3.63, 3.8) is 0 Å². The van der Waals surface area contributed by atoms with Crippen LogP contribution < -0.4 is 39.8 Å². The Morgan fingerprint density at radius 2 is 2.03 bits per heavy atom. The minimum Gasteiger partial charge on any atom is -0.756 e. The van der Waals surface area contributed by atoms with E-state index in [9.17, 15) is 14.6 Å². The number of nitrogens with one attached hydrogen (secondary N) is 1. The van der Waals surface area contributed by atoms with E-state index in [2.05, 4.69) is 31.7 Å². The summed E-state index contributed by atoms with van der Waals surface area (Å²) in [6.45, 7) is 2.78. The van der Waals surface area contributed by atoms with E-state index in [4.69, 9.17) is 9.26 Å². The Hall–Kier alpha value is -0.620. The molecule has 13 heteroatoms. The molecule has 2 aliphatic heterocycles. The van der Waals surface area contributed by atoms with Crippen LogP contribution in [0.2, 0.25) is 0 Å². The number of hydrogen-bond donors (Lipinski definition) is 2. The molecule has 1 unspecified atom stereocenters. The van der Waals surface area contributed by atoms with E-state index in [1.165, 1.54) is 38.3 Å². The molecule has 4 rings (SSSR count). The van der Waals surface area contributed by atoms with Crippen molar-refractivity contribution < 1.29 is 57.9 Å². The van der Waals surface area contributed by atoms with Gasteiger partial charge in [0.1, 0.15) is 24.6 Å². The molecule has 11 nitrogen and oxygen atoms in total. The summed E-state index contributed by atoms with van der Waals surface area (Å²) in [6.07, 6.45) is 6.27. The summed E-state index contributed by atoms with van der Waals surface area (Å²) in [5.74, 6) is 0.612. The number of phosphoric acid groups is 1. The molecule has 0 aliphatic carbocycles. The first kappa shape index (κ1) is 25.0. The molecular weight excluding hydrogens is 436 g/mol. The minimum absolute atomic E-state index is 0. The fourth-order valence-electron chi connectivity index (χ4n) is 3.84. The Bertz CT molecular complexity index is 917. The van der Waals surface area contributed by atoms with E-state index in [1.807, 2.05) is 0 Å². The fourth-order valence-corrected chi connectivity index (χ4v) is 4.79. The topological polar surface area (TPSA) is 144 Å². The zero-order valence-corrected chi connectivity index (χ0v) is 20.7. The van der Waals surface area contributed by atoms with Crippen molar-refractivity contribution >= 4 is 24.8 Å². The summed E-state index contributed by atoms with van der Waals surface area (Å²) in [6, 6.07) is 0. The van der Waals surface area contributed by atoms with Gasteiger partial charge < -0.3 is 29.1 Å². The van der Waals surface area contributed by atoms with Gasteiger partial charge in [-0.15, -0.1) is 0 Å². The number of hydrogen-bond acceptors (Lipinski definition) is 10. The fraction of sp³-hybridized carbons (Fsp3) is 0.722. The number of imidazole rings is 1. The molecule has 2 aliphatic rings. The standard InChI is InChI=1S/C18H28N5O6P.Na/c1-2-3-4-5-6-7-8-19-16-13-17(21-10-20-16)23(11-22-13)18-14(24)15-12(28-18)9-27-30(25,26)29-15;/h10-12,14-15,18,24H,2-9H2,1H3,(H,25,26)(H,19,20,21);/q;+1/p-1/t12-,14-,15-,18-;/m1./s1. The Balaban J connectivity index is 0.00000272. The molecule has 2 aromatic rings. The Morgan fingerprint density at radius 1 is 1.26 bits per heavy atom. The van der Waals surface area contributed by atoms with Crippen molar-refractivity contribution in [3.8, 4) is 0 Å². The monoisotopic (exact) mass is 463 g/mol. The quantitative estimate of drug-likeness (QED) is 0.263. The summed E-state index contributed by atoms with van der Waals surface area (Å²) in [4.78, 5) is 24.5. The molecular formula is C18H27N5NaO6P. The van der Waals surface area contributed by atoms with E-state index in [0.717, 1.165) is 19.4 Å². The second-order valence-electron chi connectivity index (χ2n) is 7.61. The third-order valence-electron chi connectivity index (χ3n) is 5.41. The van der Waals surface area contributed by atoms with Crippen molar-refractivity contribution in [1.29, 1.82) is 0 Å². The third-order valence-corrected chi connectivity index (χ3v) is 6.38. The number of aromatic nitrogens is 4. The van der Waals surface area contributed by atoms with Gasteiger partial charge in [0.05, 0.1) is 12.9 Å². The minimum atomic E-state index is -4.43. The molecule has 2 N–H and O–H groups in total. The van der Waals surface area contributed by atoms with Crippen molar-refractivity contribution in [2.45, 2.75) is 70.0 Å². The summed E-state index contributed by atoms with van der Waals surface area (Å²) in [5.41, 5.74) is 1.03. The van der Waals surface area contributed by atoms with Crippen molar-refractivity contribution in [3.05, 3.63) is 12.7 Å². The van der Waals surface area contributed by atoms with Gasteiger partial charge in [0.25, 0.3) is 7.82 Å². The molecule has 31 heavy (non-hydrogen) atoms. The van der Waals surface area contributed by atoms with Crippen LogP contribution in [0.3, 0.4) is 0 Å². The molecule has 2 aromatic heterocycles. The van der Waals surface area contributed by atoms with Crippen LogP contribution in [-0.2, 0) is 18.3 Å². The van der Waals surface area contributed by atoms with Crippen molar-refractivity contribution in [2.24, 2.45) is 0 Å². The summed E-state index contributed by atoms with van der Waals surface area (Å²) in [7, 11) is -4.43. The number of phosphoric ester groups is 1. The van der Waals surface area contributed by atoms with Crippen molar-refractivity contribution in [2.75, 3.05) is 18.5 Å². The van der Waals surface area contributed by atoms with Gasteiger partial charge in [-0.3, -0.25) is 9.13 Å². The number of aliphatic hydroxyl groups is 1. The summed E-state index contributed by atoms with van der Waals surface area (Å²) < 4.78 is 28.5. The van der Waals surface area contributed by atoms with E-state index in [0.29, 0.717) is 17.0 Å². The van der Waals surface area contributed by atoms with Crippen LogP contribution in [0, 0.1) is 0 Å². The Morgan fingerprint density at radius 3 is 2.84 bits per heavy atom. The molecule has 4 heterocycles. The van der Waals surface area contributed by atoms with Crippen LogP contribution in [0.5, 0.6) is 0 Å². The first-order chi connectivity index (χ1) is 14.5. The van der Waals surface area contributed by atoms with Gasteiger partial charge in [-0.05, 0) is 6.42 Å². The predicted molar refractivity (Wildman–Crippen MR) is 106 cm³/mol. The molecule has 2 fully saturated rings. The smallest absolute Gasteiger partial charge is 0.756 e. The molecule has 166 valence electrons. The molecule has 2 saturated heterocycles. The number of ether oxygens (including phenoxy) is 1. The second kappa shape index (κ2) is 11.0. The molecule has 0 saturated carbocycles. The van der Waals surface area contributed by atoms with E-state index in [-0.39, 0.29) is 36.2 Å². The van der Waals surface area contributed by atoms with Crippen LogP contribution in [-0.4, -0.2) is 56.1 Å². The van der Waals surface area contributed by atoms with Gasteiger partial charge in [-0.25, -0.2) is 15.0 Å². The Labute approximate surface area is 202 Å².